The minimum atomic E-state index is -1.01. The Morgan fingerprint density at radius 3 is 2.61 bits per heavy atom. The molecule has 0 N–H and O–H groups in total. The molecule has 0 saturated carbocycles. The molecule has 0 spiro atoms. The van der Waals surface area contributed by atoms with Gasteiger partial charge in [-0.2, -0.15) is 0 Å². The zero-order chi connectivity index (χ0) is 22.1. The van der Waals surface area contributed by atoms with E-state index in [4.69, 9.17) is 14.5 Å². The number of ether oxygens (including phenoxy) is 2. The van der Waals surface area contributed by atoms with Gasteiger partial charge in [0, 0.05) is 11.9 Å². The largest absolute Gasteiger partial charge is 0.466 e. The Bertz CT molecular complexity index is 1020. The summed E-state index contributed by atoms with van der Waals surface area (Å²) in [5, 5.41) is 1.02. The summed E-state index contributed by atoms with van der Waals surface area (Å²) in [6.45, 7) is 6.20. The van der Waals surface area contributed by atoms with Gasteiger partial charge < -0.3 is 14.4 Å². The van der Waals surface area contributed by atoms with Crippen molar-refractivity contribution in [2.75, 3.05) is 13.2 Å². The van der Waals surface area contributed by atoms with Crippen LogP contribution in [-0.2, 0) is 30.4 Å². The fourth-order valence-corrected chi connectivity index (χ4v) is 5.05. The molecule has 4 unspecified atom stereocenters. The number of carbonyl (C=O) groups is 3. The molecule has 7 heteroatoms. The predicted molar refractivity (Wildman–Crippen MR) is 114 cm³/mol. The van der Waals surface area contributed by atoms with Crippen LogP contribution in [0.25, 0.3) is 10.9 Å². The second-order valence-corrected chi connectivity index (χ2v) is 8.10. The molecular formula is C24H28N2O5. The molecule has 0 bridgehead atoms. The Morgan fingerprint density at radius 1 is 1.16 bits per heavy atom. The zero-order valence-electron chi connectivity index (χ0n) is 18.2. The summed E-state index contributed by atoms with van der Waals surface area (Å²) >= 11 is 0. The molecule has 1 fully saturated rings. The Hall–Kier alpha value is -2.96. The Labute approximate surface area is 181 Å². The van der Waals surface area contributed by atoms with Gasteiger partial charge in [-0.1, -0.05) is 25.1 Å². The summed E-state index contributed by atoms with van der Waals surface area (Å²) < 4.78 is 10.5. The van der Waals surface area contributed by atoms with E-state index in [0.29, 0.717) is 19.4 Å². The van der Waals surface area contributed by atoms with E-state index >= 15 is 0 Å². The van der Waals surface area contributed by atoms with Crippen LogP contribution in [0.5, 0.6) is 0 Å². The van der Waals surface area contributed by atoms with E-state index in [1.807, 2.05) is 31.2 Å². The van der Waals surface area contributed by atoms with Gasteiger partial charge in [-0.3, -0.25) is 19.4 Å². The molecule has 3 heterocycles. The summed E-state index contributed by atoms with van der Waals surface area (Å²) in [5.41, 5.74) is 2.72. The van der Waals surface area contributed by atoms with E-state index in [1.165, 1.54) is 0 Å². The highest BCUT2D eigenvalue weighted by Gasteiger charge is 2.53. The lowest BCUT2D eigenvalue weighted by molar-refractivity contribution is -0.168. The van der Waals surface area contributed by atoms with E-state index in [2.05, 4.69) is 6.07 Å². The number of pyridine rings is 1. The van der Waals surface area contributed by atoms with Gasteiger partial charge in [-0.25, -0.2) is 0 Å². The van der Waals surface area contributed by atoms with E-state index in [-0.39, 0.29) is 31.1 Å². The Kier molecular flexibility index (Phi) is 5.94. The number of benzene rings is 1. The molecule has 7 nitrogen and oxygen atoms in total. The predicted octanol–water partition coefficient (Wildman–Crippen LogP) is 3.41. The average Bonchev–Trinajstić information content (AvgIpc) is 3.11. The van der Waals surface area contributed by atoms with Gasteiger partial charge in [0.05, 0.1) is 36.4 Å². The van der Waals surface area contributed by atoms with Crippen molar-refractivity contribution >= 4 is 28.7 Å². The van der Waals surface area contributed by atoms with Gasteiger partial charge in [0.1, 0.15) is 5.92 Å². The quantitative estimate of drug-likeness (QED) is 0.522. The van der Waals surface area contributed by atoms with Crippen LogP contribution < -0.4 is 0 Å². The molecule has 4 atom stereocenters. The van der Waals surface area contributed by atoms with E-state index in [1.54, 1.807) is 18.7 Å². The monoisotopic (exact) mass is 424 g/mol. The maximum absolute atomic E-state index is 13.5. The smallest absolute Gasteiger partial charge is 0.318 e. The molecule has 0 aliphatic carbocycles. The fourth-order valence-electron chi connectivity index (χ4n) is 5.05. The number of rotatable bonds is 6. The topological polar surface area (TPSA) is 85.8 Å². The number of aromatic nitrogens is 1. The maximum atomic E-state index is 13.5. The SMILES string of the molecule is CCOC(=O)C(CC)C1CC2c3nc4ccccc4cc3CN2C(=O)C1C(=O)OCC. The molecule has 1 aromatic heterocycles. The standard InChI is InChI=1S/C24H28N2O5/c1-4-16(23(28)30-5-2)17-12-19-21-15(11-14-9-7-8-10-18(14)25-21)13-26(19)22(27)20(17)24(29)31-6-3/h7-11,16-17,19-20H,4-6,12-13H2,1-3H3. The molecule has 31 heavy (non-hydrogen) atoms. The number of hydrogen-bond acceptors (Lipinski definition) is 6. The van der Waals surface area contributed by atoms with E-state index in [9.17, 15) is 14.4 Å². The first-order valence-corrected chi connectivity index (χ1v) is 11.0. The third kappa shape index (κ3) is 3.66. The first-order chi connectivity index (χ1) is 15.0. The van der Waals surface area contributed by atoms with Crippen molar-refractivity contribution in [1.82, 2.24) is 9.88 Å². The highest BCUT2D eigenvalue weighted by molar-refractivity contribution is 6.00. The summed E-state index contributed by atoms with van der Waals surface area (Å²) in [4.78, 5) is 45.7. The molecule has 1 amide bonds. The van der Waals surface area contributed by atoms with E-state index in [0.717, 1.165) is 22.2 Å². The van der Waals surface area contributed by atoms with Crippen LogP contribution in [0, 0.1) is 17.8 Å². The van der Waals surface area contributed by atoms with Crippen LogP contribution in [0.3, 0.4) is 0 Å². The van der Waals surface area contributed by atoms with Crippen molar-refractivity contribution < 1.29 is 23.9 Å². The zero-order valence-corrected chi connectivity index (χ0v) is 18.2. The highest BCUT2D eigenvalue weighted by atomic mass is 16.5. The second kappa shape index (κ2) is 8.65. The van der Waals surface area contributed by atoms with Crippen LogP contribution in [0.15, 0.2) is 30.3 Å². The summed E-state index contributed by atoms with van der Waals surface area (Å²) in [7, 11) is 0. The summed E-state index contributed by atoms with van der Waals surface area (Å²) in [5.74, 6) is -3.26. The first kappa shape index (κ1) is 21.3. The van der Waals surface area contributed by atoms with Crippen molar-refractivity contribution in [3.63, 3.8) is 0 Å². The van der Waals surface area contributed by atoms with Crippen LogP contribution in [-0.4, -0.2) is 40.9 Å². The number of hydrogen-bond donors (Lipinski definition) is 0. The first-order valence-electron chi connectivity index (χ1n) is 11.0. The maximum Gasteiger partial charge on any atom is 0.318 e. The van der Waals surface area contributed by atoms with Crippen LogP contribution >= 0.6 is 0 Å². The number of para-hydroxylation sites is 1. The van der Waals surface area contributed by atoms with Gasteiger partial charge in [-0.15, -0.1) is 0 Å². The number of fused-ring (bicyclic) bond motifs is 4. The van der Waals surface area contributed by atoms with Gasteiger partial charge >= 0.3 is 11.9 Å². The number of piperidine rings is 1. The lowest BCUT2D eigenvalue weighted by Gasteiger charge is -2.41. The molecule has 2 aliphatic heterocycles. The second-order valence-electron chi connectivity index (χ2n) is 8.10. The van der Waals surface area contributed by atoms with E-state index < -0.39 is 23.7 Å². The lowest BCUT2D eigenvalue weighted by atomic mass is 9.72. The Morgan fingerprint density at radius 2 is 1.90 bits per heavy atom. The molecular weight excluding hydrogens is 396 g/mol. The minimum Gasteiger partial charge on any atom is -0.466 e. The van der Waals surface area contributed by atoms with Crippen molar-refractivity contribution in [3.8, 4) is 0 Å². The van der Waals surface area contributed by atoms with Crippen LogP contribution in [0.4, 0.5) is 0 Å². The van der Waals surface area contributed by atoms with Crippen molar-refractivity contribution in [1.29, 1.82) is 0 Å². The van der Waals surface area contributed by atoms with Crippen LogP contribution in [0.1, 0.15) is 50.9 Å². The van der Waals surface area contributed by atoms with Gasteiger partial charge in [0.25, 0.3) is 0 Å². The molecule has 2 aromatic rings. The number of carbonyl (C=O) groups excluding carboxylic acids is 3. The number of nitrogens with zero attached hydrogens (tertiary/aromatic N) is 2. The van der Waals surface area contributed by atoms with Gasteiger partial charge in [-0.05, 0) is 50.3 Å². The number of esters is 2. The molecule has 4 rings (SSSR count). The van der Waals surface area contributed by atoms with Gasteiger partial charge in [0.15, 0.2) is 0 Å². The molecule has 0 radical (unpaired) electrons. The highest BCUT2D eigenvalue weighted by Crippen LogP contribution is 2.47. The normalized spacial score (nSPS) is 23.3. The molecule has 2 aliphatic rings. The summed E-state index contributed by atoms with van der Waals surface area (Å²) in [6.07, 6.45) is 0.961. The average molecular weight is 424 g/mol. The van der Waals surface area contributed by atoms with Crippen molar-refractivity contribution in [2.45, 2.75) is 46.2 Å². The molecule has 1 saturated heterocycles. The van der Waals surface area contributed by atoms with Crippen LogP contribution in [0.2, 0.25) is 0 Å². The Balaban J connectivity index is 1.75. The fraction of sp³-hybridized carbons (Fsp3) is 0.500. The van der Waals surface area contributed by atoms with Gasteiger partial charge in [0.2, 0.25) is 5.91 Å². The number of amides is 1. The van der Waals surface area contributed by atoms with Crippen molar-refractivity contribution in [3.05, 3.63) is 41.6 Å². The molecule has 164 valence electrons. The third-order valence-electron chi connectivity index (χ3n) is 6.43. The molecule has 1 aromatic carbocycles. The van der Waals surface area contributed by atoms with Crippen molar-refractivity contribution in [2.24, 2.45) is 17.8 Å². The minimum absolute atomic E-state index is 0.183. The summed E-state index contributed by atoms with van der Waals surface area (Å²) in [6, 6.07) is 9.66. The lowest BCUT2D eigenvalue weighted by Crippen LogP contribution is -2.51. The third-order valence-corrected chi connectivity index (χ3v) is 6.43.